The van der Waals surface area contributed by atoms with Crippen molar-refractivity contribution in [3.05, 3.63) is 76.4 Å². The van der Waals surface area contributed by atoms with Crippen molar-refractivity contribution in [3.63, 3.8) is 0 Å². The molecule has 2 aromatic carbocycles. The molecule has 0 bridgehead atoms. The van der Waals surface area contributed by atoms with Crippen LogP contribution in [0.4, 0.5) is 11.5 Å². The average molecular weight is 438 g/mol. The second kappa shape index (κ2) is 8.05. The highest BCUT2D eigenvalue weighted by Gasteiger charge is 2.19. The molecule has 1 heterocycles. The maximum Gasteiger partial charge on any atom is 0.263 e. The van der Waals surface area contributed by atoms with Gasteiger partial charge in [-0.05, 0) is 48.5 Å². The molecule has 3 rings (SSSR count). The molecule has 0 radical (unpaired) electrons. The minimum absolute atomic E-state index is 0.0100. The van der Waals surface area contributed by atoms with Crippen molar-refractivity contribution in [2.75, 3.05) is 10.0 Å². The molecular formula is C18H13Cl2N3O4S. The quantitative estimate of drug-likeness (QED) is 0.555. The SMILES string of the molecule is O=C(Nc1ncccc1O)c1cccc(NS(=O)(=O)c2cc(Cl)ccc2Cl)c1. The van der Waals surface area contributed by atoms with Crippen molar-refractivity contribution in [1.82, 2.24) is 4.98 Å². The van der Waals surface area contributed by atoms with Crippen LogP contribution < -0.4 is 10.0 Å². The summed E-state index contributed by atoms with van der Waals surface area (Å²) in [7, 11) is -4.03. The number of rotatable bonds is 5. The monoisotopic (exact) mass is 437 g/mol. The summed E-state index contributed by atoms with van der Waals surface area (Å²) < 4.78 is 27.5. The number of aromatic hydroxyl groups is 1. The van der Waals surface area contributed by atoms with Gasteiger partial charge in [-0.3, -0.25) is 9.52 Å². The Bertz CT molecular complexity index is 1150. The third kappa shape index (κ3) is 4.53. The lowest BCUT2D eigenvalue weighted by Crippen LogP contribution is -2.16. The number of aromatic nitrogens is 1. The molecular weight excluding hydrogens is 425 g/mol. The molecule has 7 nitrogen and oxygen atoms in total. The predicted molar refractivity (Wildman–Crippen MR) is 108 cm³/mol. The van der Waals surface area contributed by atoms with Crippen LogP contribution in [0.15, 0.2) is 65.7 Å². The number of hydrogen-bond acceptors (Lipinski definition) is 5. The second-order valence-electron chi connectivity index (χ2n) is 5.59. The van der Waals surface area contributed by atoms with Gasteiger partial charge >= 0.3 is 0 Å². The van der Waals surface area contributed by atoms with Crippen LogP contribution in [0.2, 0.25) is 10.0 Å². The summed E-state index contributed by atoms with van der Waals surface area (Å²) >= 11 is 11.8. The first-order valence-corrected chi connectivity index (χ1v) is 10.0. The van der Waals surface area contributed by atoms with E-state index in [9.17, 15) is 18.3 Å². The van der Waals surface area contributed by atoms with E-state index in [1.807, 2.05) is 0 Å². The fraction of sp³-hybridized carbons (Fsp3) is 0. The van der Waals surface area contributed by atoms with E-state index in [4.69, 9.17) is 23.2 Å². The molecule has 0 atom stereocenters. The molecule has 1 amide bonds. The Balaban J connectivity index is 1.84. The first-order valence-electron chi connectivity index (χ1n) is 7.79. The number of hydrogen-bond donors (Lipinski definition) is 3. The van der Waals surface area contributed by atoms with E-state index in [1.165, 1.54) is 60.8 Å². The number of anilines is 2. The van der Waals surface area contributed by atoms with E-state index < -0.39 is 15.9 Å². The summed E-state index contributed by atoms with van der Waals surface area (Å²) in [6, 6.07) is 12.8. The lowest BCUT2D eigenvalue weighted by Gasteiger charge is -2.11. The summed E-state index contributed by atoms with van der Waals surface area (Å²) in [5.74, 6) is -0.775. The average Bonchev–Trinajstić information content (AvgIpc) is 2.65. The van der Waals surface area contributed by atoms with Gasteiger partial charge in [0.05, 0.1) is 5.02 Å². The van der Waals surface area contributed by atoms with E-state index in [0.717, 1.165) is 0 Å². The van der Waals surface area contributed by atoms with Gasteiger partial charge in [-0.25, -0.2) is 13.4 Å². The third-order valence-electron chi connectivity index (χ3n) is 3.58. The van der Waals surface area contributed by atoms with Gasteiger partial charge in [0.15, 0.2) is 11.6 Å². The topological polar surface area (TPSA) is 108 Å². The van der Waals surface area contributed by atoms with Gasteiger partial charge in [0.1, 0.15) is 4.90 Å². The molecule has 3 aromatic rings. The number of sulfonamides is 1. The minimum Gasteiger partial charge on any atom is -0.504 e. The molecule has 0 saturated heterocycles. The largest absolute Gasteiger partial charge is 0.504 e. The number of nitrogens with zero attached hydrogens (tertiary/aromatic N) is 1. The zero-order valence-electron chi connectivity index (χ0n) is 14.1. The number of halogens is 2. The van der Waals surface area contributed by atoms with Crippen molar-refractivity contribution in [2.45, 2.75) is 4.90 Å². The molecule has 0 fully saturated rings. The summed E-state index contributed by atoms with van der Waals surface area (Å²) in [4.78, 5) is 16.1. The van der Waals surface area contributed by atoms with Crippen molar-refractivity contribution in [1.29, 1.82) is 0 Å². The van der Waals surface area contributed by atoms with Gasteiger partial charge in [0, 0.05) is 22.5 Å². The van der Waals surface area contributed by atoms with Crippen LogP contribution in [-0.2, 0) is 10.0 Å². The van der Waals surface area contributed by atoms with Crippen LogP contribution in [0.5, 0.6) is 5.75 Å². The molecule has 28 heavy (non-hydrogen) atoms. The highest BCUT2D eigenvalue weighted by Crippen LogP contribution is 2.27. The number of pyridine rings is 1. The highest BCUT2D eigenvalue weighted by molar-refractivity contribution is 7.92. The molecule has 1 aromatic heterocycles. The molecule has 0 aliphatic rings. The Hall–Kier alpha value is -2.81. The van der Waals surface area contributed by atoms with Gasteiger partial charge in [0.2, 0.25) is 0 Å². The number of amides is 1. The maximum absolute atomic E-state index is 12.6. The van der Waals surface area contributed by atoms with Gasteiger partial charge in [0.25, 0.3) is 15.9 Å². The summed E-state index contributed by atoms with van der Waals surface area (Å²) in [5.41, 5.74) is 0.302. The van der Waals surface area contributed by atoms with Gasteiger partial charge in [-0.15, -0.1) is 0 Å². The summed E-state index contributed by atoms with van der Waals surface area (Å²) in [6.07, 6.45) is 1.41. The van der Waals surface area contributed by atoms with Gasteiger partial charge in [-0.1, -0.05) is 29.3 Å². The zero-order chi connectivity index (χ0) is 20.3. The van der Waals surface area contributed by atoms with Crippen LogP contribution in [0.1, 0.15) is 10.4 Å². The summed E-state index contributed by atoms with van der Waals surface area (Å²) in [6.45, 7) is 0. The Kier molecular flexibility index (Phi) is 5.73. The van der Waals surface area contributed by atoms with Gasteiger partial charge in [-0.2, -0.15) is 0 Å². The lowest BCUT2D eigenvalue weighted by molar-refractivity contribution is 0.102. The van der Waals surface area contributed by atoms with Gasteiger partial charge < -0.3 is 10.4 Å². The van der Waals surface area contributed by atoms with Crippen LogP contribution >= 0.6 is 23.2 Å². The normalized spacial score (nSPS) is 11.1. The molecule has 0 saturated carbocycles. The molecule has 3 N–H and O–H groups in total. The second-order valence-corrected chi connectivity index (χ2v) is 8.08. The van der Waals surface area contributed by atoms with Crippen molar-refractivity contribution in [3.8, 4) is 5.75 Å². The Morgan fingerprint density at radius 1 is 1.04 bits per heavy atom. The highest BCUT2D eigenvalue weighted by atomic mass is 35.5. The van der Waals surface area contributed by atoms with Crippen LogP contribution in [-0.4, -0.2) is 24.4 Å². The summed E-state index contributed by atoms with van der Waals surface area (Å²) in [5, 5.41) is 12.4. The molecule has 0 unspecified atom stereocenters. The standard InChI is InChI=1S/C18H13Cl2N3O4S/c19-12-6-7-14(20)16(10-12)28(26,27)23-13-4-1-3-11(9-13)18(25)22-17-15(24)5-2-8-21-17/h1-10,23-24H,(H,21,22,25). The smallest absolute Gasteiger partial charge is 0.263 e. The first-order chi connectivity index (χ1) is 13.3. The minimum atomic E-state index is -4.03. The number of nitrogens with one attached hydrogen (secondary N) is 2. The van der Waals surface area contributed by atoms with Crippen LogP contribution in [0, 0.1) is 0 Å². The lowest BCUT2D eigenvalue weighted by atomic mass is 10.2. The third-order valence-corrected chi connectivity index (χ3v) is 5.68. The van der Waals surface area contributed by atoms with Crippen LogP contribution in [0.25, 0.3) is 0 Å². The van der Waals surface area contributed by atoms with Crippen molar-refractivity contribution < 1.29 is 18.3 Å². The van der Waals surface area contributed by atoms with Crippen molar-refractivity contribution >= 4 is 50.6 Å². The van der Waals surface area contributed by atoms with E-state index in [0.29, 0.717) is 0 Å². The predicted octanol–water partition coefficient (Wildman–Crippen LogP) is 4.15. The zero-order valence-corrected chi connectivity index (χ0v) is 16.4. The Morgan fingerprint density at radius 2 is 1.82 bits per heavy atom. The van der Waals surface area contributed by atoms with E-state index >= 15 is 0 Å². The van der Waals surface area contributed by atoms with E-state index in [-0.39, 0.29) is 37.8 Å². The van der Waals surface area contributed by atoms with Crippen molar-refractivity contribution in [2.24, 2.45) is 0 Å². The molecule has 0 aliphatic carbocycles. The van der Waals surface area contributed by atoms with E-state index in [1.54, 1.807) is 0 Å². The van der Waals surface area contributed by atoms with E-state index in [2.05, 4.69) is 15.0 Å². The van der Waals surface area contributed by atoms with Crippen LogP contribution in [0.3, 0.4) is 0 Å². The Labute approximate surface area is 171 Å². The molecule has 10 heteroatoms. The molecule has 0 aliphatic heterocycles. The fourth-order valence-corrected chi connectivity index (χ4v) is 4.10. The maximum atomic E-state index is 12.6. The number of benzene rings is 2. The fourth-order valence-electron chi connectivity index (χ4n) is 2.29. The Morgan fingerprint density at radius 3 is 2.57 bits per heavy atom. The number of carbonyl (C=O) groups is 1. The molecule has 144 valence electrons. The number of carbonyl (C=O) groups excluding carboxylic acids is 1. The molecule has 0 spiro atoms. The first kappa shape index (κ1) is 19.9.